The van der Waals surface area contributed by atoms with E-state index in [1.165, 1.54) is 50.5 Å². The Bertz CT molecular complexity index is 480. The van der Waals surface area contributed by atoms with Crippen molar-refractivity contribution >= 4 is 11.8 Å². The van der Waals surface area contributed by atoms with Gasteiger partial charge >= 0.3 is 5.97 Å². The van der Waals surface area contributed by atoms with Gasteiger partial charge in [0.25, 0.3) is 0 Å². The fraction of sp³-hybridized carbons (Fsp3) is 0.600. The van der Waals surface area contributed by atoms with Crippen LogP contribution in [0, 0.1) is 0 Å². The Morgan fingerprint density at radius 1 is 0.913 bits per heavy atom. The minimum atomic E-state index is -0.923. The van der Waals surface area contributed by atoms with Gasteiger partial charge in [-0.2, -0.15) is 0 Å². The lowest BCUT2D eigenvalue weighted by atomic mass is 10.00. The van der Waals surface area contributed by atoms with Crippen LogP contribution in [-0.2, 0) is 11.2 Å². The number of Topliss-reactive ketones (excluding diaryl/α,β-unsaturated/α-hetero) is 1. The highest BCUT2D eigenvalue weighted by Gasteiger charge is 2.08. The first kappa shape index (κ1) is 19.4. The number of unbranched alkanes of at least 4 members (excludes halogenated alkanes) is 7. The van der Waals surface area contributed by atoms with Crippen LogP contribution in [0.3, 0.4) is 0 Å². The molecule has 0 atom stereocenters. The van der Waals surface area contributed by atoms with Crippen LogP contribution < -0.4 is 0 Å². The molecule has 0 radical (unpaired) electrons. The van der Waals surface area contributed by atoms with Crippen LogP contribution in [0.1, 0.15) is 87.1 Å². The third-order valence-electron chi connectivity index (χ3n) is 4.13. The van der Waals surface area contributed by atoms with Crippen molar-refractivity contribution in [3.63, 3.8) is 0 Å². The number of hydrogen-bond donors (Lipinski definition) is 1. The highest BCUT2D eigenvalue weighted by atomic mass is 16.4. The maximum Gasteiger partial charge on any atom is 0.303 e. The summed E-state index contributed by atoms with van der Waals surface area (Å²) in [5, 5.41) is 8.65. The SMILES string of the molecule is CCCCCCCCCCc1cccc(C(=O)CCC(=O)O)c1. The van der Waals surface area contributed by atoms with Crippen molar-refractivity contribution in [2.45, 2.75) is 77.6 Å². The van der Waals surface area contributed by atoms with E-state index in [0.717, 1.165) is 12.8 Å². The Morgan fingerprint density at radius 3 is 2.22 bits per heavy atom. The molecule has 1 aromatic rings. The number of benzene rings is 1. The van der Waals surface area contributed by atoms with Crippen LogP contribution in [0.5, 0.6) is 0 Å². The summed E-state index contributed by atoms with van der Waals surface area (Å²) in [6.07, 6.45) is 11.3. The highest BCUT2D eigenvalue weighted by molar-refractivity contribution is 5.97. The summed E-state index contributed by atoms with van der Waals surface area (Å²) in [4.78, 5) is 22.5. The molecule has 0 saturated heterocycles. The number of aryl methyl sites for hydroxylation is 1. The standard InChI is InChI=1S/C20H30O3/c1-2-3-4-5-6-7-8-9-11-17-12-10-13-18(16-17)19(21)14-15-20(22)23/h10,12-13,16H,2-9,11,14-15H2,1H3,(H,22,23). The van der Waals surface area contributed by atoms with Gasteiger partial charge in [0.1, 0.15) is 0 Å². The molecule has 23 heavy (non-hydrogen) atoms. The second kappa shape index (κ2) is 11.9. The summed E-state index contributed by atoms with van der Waals surface area (Å²) in [5.74, 6) is -1.00. The van der Waals surface area contributed by atoms with E-state index in [9.17, 15) is 9.59 Å². The third kappa shape index (κ3) is 9.17. The topological polar surface area (TPSA) is 54.4 Å². The molecule has 128 valence electrons. The molecule has 0 aliphatic carbocycles. The quantitative estimate of drug-likeness (QED) is 0.390. The molecule has 1 aromatic carbocycles. The maximum absolute atomic E-state index is 11.9. The van der Waals surface area contributed by atoms with E-state index in [1.54, 1.807) is 6.07 Å². The molecule has 0 aliphatic heterocycles. The number of ketones is 1. The summed E-state index contributed by atoms with van der Waals surface area (Å²) in [6, 6.07) is 7.65. The van der Waals surface area contributed by atoms with Crippen molar-refractivity contribution in [2.24, 2.45) is 0 Å². The molecule has 3 nitrogen and oxygen atoms in total. The molecule has 0 aliphatic rings. The molecule has 0 spiro atoms. The smallest absolute Gasteiger partial charge is 0.303 e. The van der Waals surface area contributed by atoms with Crippen molar-refractivity contribution in [1.82, 2.24) is 0 Å². The first-order valence-electron chi connectivity index (χ1n) is 8.97. The molecule has 0 bridgehead atoms. The molecule has 1 rings (SSSR count). The molecule has 1 N–H and O–H groups in total. The minimum absolute atomic E-state index is 0.0785. The minimum Gasteiger partial charge on any atom is -0.481 e. The lowest BCUT2D eigenvalue weighted by Crippen LogP contribution is -2.04. The van der Waals surface area contributed by atoms with E-state index in [4.69, 9.17) is 5.11 Å². The molecule has 0 unspecified atom stereocenters. The lowest BCUT2D eigenvalue weighted by molar-refractivity contribution is -0.136. The number of carbonyl (C=O) groups excluding carboxylic acids is 1. The Labute approximate surface area is 140 Å². The number of rotatable bonds is 13. The van der Waals surface area contributed by atoms with Gasteiger partial charge in [0.2, 0.25) is 0 Å². The molecular formula is C20H30O3. The van der Waals surface area contributed by atoms with Gasteiger partial charge in [-0.15, -0.1) is 0 Å². The van der Waals surface area contributed by atoms with Gasteiger partial charge in [-0.25, -0.2) is 0 Å². The van der Waals surface area contributed by atoms with Gasteiger partial charge in [-0.1, -0.05) is 70.1 Å². The third-order valence-corrected chi connectivity index (χ3v) is 4.13. The molecule has 0 aromatic heterocycles. The fourth-order valence-electron chi connectivity index (χ4n) is 2.73. The van der Waals surface area contributed by atoms with Gasteiger partial charge in [-0.05, 0) is 24.5 Å². The van der Waals surface area contributed by atoms with E-state index < -0.39 is 5.97 Å². The van der Waals surface area contributed by atoms with E-state index in [0.29, 0.717) is 5.56 Å². The van der Waals surface area contributed by atoms with Crippen LogP contribution in [0.2, 0.25) is 0 Å². The number of aliphatic carboxylic acids is 1. The van der Waals surface area contributed by atoms with Gasteiger partial charge in [0.05, 0.1) is 6.42 Å². The Hall–Kier alpha value is -1.64. The largest absolute Gasteiger partial charge is 0.481 e. The summed E-state index contributed by atoms with van der Waals surface area (Å²) < 4.78 is 0. The van der Waals surface area contributed by atoms with Gasteiger partial charge < -0.3 is 5.11 Å². The van der Waals surface area contributed by atoms with Crippen molar-refractivity contribution in [3.8, 4) is 0 Å². The zero-order valence-corrected chi connectivity index (χ0v) is 14.4. The van der Waals surface area contributed by atoms with E-state index >= 15 is 0 Å². The maximum atomic E-state index is 11.9. The number of carboxylic acid groups (broad SMARTS) is 1. The van der Waals surface area contributed by atoms with Crippen LogP contribution in [0.25, 0.3) is 0 Å². The zero-order valence-electron chi connectivity index (χ0n) is 14.4. The summed E-state index contributed by atoms with van der Waals surface area (Å²) in [6.45, 7) is 2.24. The van der Waals surface area contributed by atoms with Crippen LogP contribution in [0.15, 0.2) is 24.3 Å². The highest BCUT2D eigenvalue weighted by Crippen LogP contribution is 2.14. The van der Waals surface area contributed by atoms with E-state index in [1.807, 2.05) is 12.1 Å². The Kier molecular flexibility index (Phi) is 10.0. The average Bonchev–Trinajstić information content (AvgIpc) is 2.55. The first-order chi connectivity index (χ1) is 11.1. The van der Waals surface area contributed by atoms with Crippen molar-refractivity contribution in [2.75, 3.05) is 0 Å². The number of hydrogen-bond acceptors (Lipinski definition) is 2. The zero-order chi connectivity index (χ0) is 16.9. The molecule has 0 fully saturated rings. The molecule has 0 saturated carbocycles. The van der Waals surface area contributed by atoms with Crippen LogP contribution >= 0.6 is 0 Å². The van der Waals surface area contributed by atoms with Crippen LogP contribution in [0.4, 0.5) is 0 Å². The van der Waals surface area contributed by atoms with Gasteiger partial charge in [0.15, 0.2) is 5.78 Å². The molecule has 0 amide bonds. The normalized spacial score (nSPS) is 10.7. The average molecular weight is 318 g/mol. The second-order valence-electron chi connectivity index (χ2n) is 6.24. The molecule has 0 heterocycles. The van der Waals surface area contributed by atoms with Crippen molar-refractivity contribution in [3.05, 3.63) is 35.4 Å². The summed E-state index contributed by atoms with van der Waals surface area (Å²) in [7, 11) is 0. The second-order valence-corrected chi connectivity index (χ2v) is 6.24. The number of carboxylic acids is 1. The first-order valence-corrected chi connectivity index (χ1v) is 8.97. The van der Waals surface area contributed by atoms with E-state index in [-0.39, 0.29) is 18.6 Å². The lowest BCUT2D eigenvalue weighted by Gasteiger charge is -2.05. The molecule has 3 heteroatoms. The van der Waals surface area contributed by atoms with Crippen molar-refractivity contribution in [1.29, 1.82) is 0 Å². The molecular weight excluding hydrogens is 288 g/mol. The fourth-order valence-corrected chi connectivity index (χ4v) is 2.73. The predicted molar refractivity (Wildman–Crippen MR) is 94.0 cm³/mol. The Morgan fingerprint density at radius 2 is 1.57 bits per heavy atom. The monoisotopic (exact) mass is 318 g/mol. The van der Waals surface area contributed by atoms with E-state index in [2.05, 4.69) is 13.0 Å². The van der Waals surface area contributed by atoms with Crippen molar-refractivity contribution < 1.29 is 14.7 Å². The summed E-state index contributed by atoms with van der Waals surface area (Å²) >= 11 is 0. The van der Waals surface area contributed by atoms with Gasteiger partial charge in [0, 0.05) is 12.0 Å². The summed E-state index contributed by atoms with van der Waals surface area (Å²) in [5.41, 5.74) is 1.82. The van der Waals surface area contributed by atoms with Gasteiger partial charge in [-0.3, -0.25) is 9.59 Å². The van der Waals surface area contributed by atoms with Crippen LogP contribution in [-0.4, -0.2) is 16.9 Å². The predicted octanol–water partition coefficient (Wildman–Crippen LogP) is 5.42. The Balaban J connectivity index is 2.25. The number of carbonyl (C=O) groups is 2.